The third-order valence-electron chi connectivity index (χ3n) is 3.65. The number of hydrogen-bond donors (Lipinski definition) is 0. The van der Waals surface area contributed by atoms with Crippen molar-refractivity contribution in [3.8, 4) is 17.2 Å². The number of anilines is 1. The van der Waals surface area contributed by atoms with Gasteiger partial charge in [-0.3, -0.25) is 4.79 Å². The van der Waals surface area contributed by atoms with Gasteiger partial charge in [0.1, 0.15) is 5.75 Å². The van der Waals surface area contributed by atoms with Gasteiger partial charge < -0.3 is 19.1 Å². The average Bonchev–Trinajstić information content (AvgIpc) is 3.01. The SMILES string of the molecule is CN(C)c1ccc(CCC(=O)Oc2ccc3c(c2)OCO3)cc1. The van der Waals surface area contributed by atoms with Crippen molar-refractivity contribution in [2.45, 2.75) is 12.8 Å². The fourth-order valence-electron chi connectivity index (χ4n) is 2.33. The topological polar surface area (TPSA) is 48.0 Å². The molecule has 2 aromatic carbocycles. The highest BCUT2D eigenvalue weighted by Gasteiger charge is 2.15. The second-order valence-electron chi connectivity index (χ2n) is 5.55. The zero-order valence-corrected chi connectivity index (χ0v) is 13.2. The number of carbonyl (C=O) groups is 1. The van der Waals surface area contributed by atoms with E-state index in [-0.39, 0.29) is 12.8 Å². The van der Waals surface area contributed by atoms with Crippen molar-refractivity contribution in [3.63, 3.8) is 0 Å². The first-order valence-electron chi connectivity index (χ1n) is 7.48. The molecule has 3 rings (SSSR count). The maximum absolute atomic E-state index is 12.0. The van der Waals surface area contributed by atoms with Crippen LogP contribution in [0.25, 0.3) is 0 Å². The summed E-state index contributed by atoms with van der Waals surface area (Å²) >= 11 is 0. The summed E-state index contributed by atoms with van der Waals surface area (Å²) in [6, 6.07) is 13.3. The van der Waals surface area contributed by atoms with E-state index in [4.69, 9.17) is 14.2 Å². The molecule has 5 nitrogen and oxygen atoms in total. The molecule has 0 radical (unpaired) electrons. The van der Waals surface area contributed by atoms with Crippen LogP contribution in [0.5, 0.6) is 17.2 Å². The second kappa shape index (κ2) is 6.60. The predicted molar refractivity (Wildman–Crippen MR) is 87.3 cm³/mol. The predicted octanol–water partition coefficient (Wildman–Crippen LogP) is 3.02. The van der Waals surface area contributed by atoms with Gasteiger partial charge in [-0.2, -0.15) is 0 Å². The maximum atomic E-state index is 12.0. The molecule has 0 N–H and O–H groups in total. The van der Waals surface area contributed by atoms with Crippen molar-refractivity contribution >= 4 is 11.7 Å². The van der Waals surface area contributed by atoms with Gasteiger partial charge in [-0.05, 0) is 36.2 Å². The van der Waals surface area contributed by atoms with Crippen molar-refractivity contribution in [2.24, 2.45) is 0 Å². The molecule has 0 aromatic heterocycles. The minimum atomic E-state index is -0.263. The molecule has 0 aliphatic carbocycles. The number of ether oxygens (including phenoxy) is 3. The largest absolute Gasteiger partial charge is 0.454 e. The number of rotatable bonds is 5. The normalized spacial score (nSPS) is 12.1. The highest BCUT2D eigenvalue weighted by Crippen LogP contribution is 2.35. The molecule has 0 fully saturated rings. The van der Waals surface area contributed by atoms with E-state index in [0.717, 1.165) is 11.3 Å². The number of hydrogen-bond acceptors (Lipinski definition) is 5. The van der Waals surface area contributed by atoms with E-state index in [9.17, 15) is 4.79 Å². The number of benzene rings is 2. The highest BCUT2D eigenvalue weighted by atomic mass is 16.7. The van der Waals surface area contributed by atoms with Crippen LogP contribution in [0.3, 0.4) is 0 Å². The summed E-state index contributed by atoms with van der Waals surface area (Å²) in [5.41, 5.74) is 2.25. The molecule has 0 bridgehead atoms. The van der Waals surface area contributed by atoms with Crippen molar-refractivity contribution < 1.29 is 19.0 Å². The molecule has 0 atom stereocenters. The Bertz CT molecular complexity index is 695. The van der Waals surface area contributed by atoms with Crippen LogP contribution in [0.15, 0.2) is 42.5 Å². The zero-order chi connectivity index (χ0) is 16.2. The van der Waals surface area contributed by atoms with Crippen molar-refractivity contribution in [1.29, 1.82) is 0 Å². The van der Waals surface area contributed by atoms with Crippen molar-refractivity contribution in [2.75, 3.05) is 25.8 Å². The molecule has 0 unspecified atom stereocenters. The van der Waals surface area contributed by atoms with Gasteiger partial charge in [0.05, 0.1) is 0 Å². The Morgan fingerprint density at radius 1 is 1.09 bits per heavy atom. The molecule has 0 spiro atoms. The van der Waals surface area contributed by atoms with Crippen LogP contribution in [0.1, 0.15) is 12.0 Å². The molecule has 0 amide bonds. The molecule has 5 heteroatoms. The Morgan fingerprint density at radius 3 is 2.57 bits per heavy atom. The average molecular weight is 313 g/mol. The van der Waals surface area contributed by atoms with Gasteiger partial charge in [0.25, 0.3) is 0 Å². The third-order valence-corrected chi connectivity index (χ3v) is 3.65. The monoisotopic (exact) mass is 313 g/mol. The Kier molecular flexibility index (Phi) is 4.37. The smallest absolute Gasteiger partial charge is 0.311 e. The summed E-state index contributed by atoms with van der Waals surface area (Å²) in [6.45, 7) is 0.204. The van der Waals surface area contributed by atoms with Crippen molar-refractivity contribution in [1.82, 2.24) is 0 Å². The lowest BCUT2D eigenvalue weighted by atomic mass is 10.1. The van der Waals surface area contributed by atoms with E-state index in [1.54, 1.807) is 18.2 Å². The van der Waals surface area contributed by atoms with Gasteiger partial charge in [0, 0.05) is 32.3 Å². The van der Waals surface area contributed by atoms with E-state index in [1.165, 1.54) is 0 Å². The lowest BCUT2D eigenvalue weighted by molar-refractivity contribution is -0.134. The summed E-state index contributed by atoms with van der Waals surface area (Å²) in [4.78, 5) is 14.0. The summed E-state index contributed by atoms with van der Waals surface area (Å²) in [5, 5.41) is 0. The molecule has 1 aliphatic rings. The van der Waals surface area contributed by atoms with Crippen LogP contribution < -0.4 is 19.1 Å². The van der Waals surface area contributed by atoms with Gasteiger partial charge in [-0.1, -0.05) is 12.1 Å². The number of carbonyl (C=O) groups excluding carboxylic acids is 1. The first kappa shape index (κ1) is 15.2. The molecule has 1 heterocycles. The van der Waals surface area contributed by atoms with Crippen LogP contribution in [0.4, 0.5) is 5.69 Å². The minimum absolute atomic E-state index is 0.204. The molecular weight excluding hydrogens is 294 g/mol. The second-order valence-corrected chi connectivity index (χ2v) is 5.55. The summed E-state index contributed by atoms with van der Waals surface area (Å²) in [5.74, 6) is 1.49. The lowest BCUT2D eigenvalue weighted by Crippen LogP contribution is -2.10. The molecule has 2 aromatic rings. The fraction of sp³-hybridized carbons (Fsp3) is 0.278. The molecule has 0 saturated carbocycles. The van der Waals surface area contributed by atoms with E-state index in [2.05, 4.69) is 0 Å². The maximum Gasteiger partial charge on any atom is 0.311 e. The van der Waals surface area contributed by atoms with Crippen LogP contribution >= 0.6 is 0 Å². The molecular formula is C18H19NO4. The van der Waals surface area contributed by atoms with E-state index >= 15 is 0 Å². The Hall–Kier alpha value is -2.69. The fourth-order valence-corrected chi connectivity index (χ4v) is 2.33. The first-order valence-corrected chi connectivity index (χ1v) is 7.48. The van der Waals surface area contributed by atoms with Gasteiger partial charge >= 0.3 is 5.97 Å². The van der Waals surface area contributed by atoms with Crippen LogP contribution in [0.2, 0.25) is 0 Å². The molecule has 1 aliphatic heterocycles. The van der Waals surface area contributed by atoms with Crippen LogP contribution in [-0.4, -0.2) is 26.9 Å². The Balaban J connectivity index is 1.53. The highest BCUT2D eigenvalue weighted by molar-refractivity contribution is 5.73. The van der Waals surface area contributed by atoms with E-state index in [1.807, 2.05) is 43.3 Å². The number of esters is 1. The van der Waals surface area contributed by atoms with Crippen LogP contribution in [0, 0.1) is 0 Å². The molecule has 23 heavy (non-hydrogen) atoms. The first-order chi connectivity index (χ1) is 11.1. The number of fused-ring (bicyclic) bond motifs is 1. The quantitative estimate of drug-likeness (QED) is 0.627. The number of aryl methyl sites for hydroxylation is 1. The van der Waals surface area contributed by atoms with E-state index in [0.29, 0.717) is 30.1 Å². The Morgan fingerprint density at radius 2 is 1.83 bits per heavy atom. The van der Waals surface area contributed by atoms with Gasteiger partial charge in [0.15, 0.2) is 11.5 Å². The van der Waals surface area contributed by atoms with E-state index < -0.39 is 0 Å². The molecule has 120 valence electrons. The molecule has 0 saturated heterocycles. The van der Waals surface area contributed by atoms with Crippen molar-refractivity contribution in [3.05, 3.63) is 48.0 Å². The minimum Gasteiger partial charge on any atom is -0.454 e. The summed E-state index contributed by atoms with van der Waals surface area (Å²) in [6.07, 6.45) is 0.979. The van der Waals surface area contributed by atoms with Gasteiger partial charge in [-0.25, -0.2) is 0 Å². The van der Waals surface area contributed by atoms with Gasteiger partial charge in [-0.15, -0.1) is 0 Å². The summed E-state index contributed by atoms with van der Waals surface area (Å²) < 4.78 is 15.8. The Labute approximate surface area is 135 Å². The number of nitrogens with zero attached hydrogens (tertiary/aromatic N) is 1. The zero-order valence-electron chi connectivity index (χ0n) is 13.2. The van der Waals surface area contributed by atoms with Gasteiger partial charge in [0.2, 0.25) is 6.79 Å². The van der Waals surface area contributed by atoms with Crippen LogP contribution in [-0.2, 0) is 11.2 Å². The third kappa shape index (κ3) is 3.74. The summed E-state index contributed by atoms with van der Waals surface area (Å²) in [7, 11) is 4.00. The standard InChI is InChI=1S/C18H19NO4/c1-19(2)14-6-3-13(4-7-14)5-10-18(20)23-15-8-9-16-17(11-15)22-12-21-16/h3-4,6-9,11H,5,10,12H2,1-2H3. The lowest BCUT2D eigenvalue weighted by Gasteiger charge is -2.12.